The zero-order chi connectivity index (χ0) is 7.49. The Kier molecular flexibility index (Phi) is 2.99. The fourth-order valence-corrected chi connectivity index (χ4v) is 0.800. The van der Waals surface area contributed by atoms with Crippen LogP contribution in [-0.4, -0.2) is 0 Å². The Hall–Kier alpha value is -0.230. The van der Waals surface area contributed by atoms with E-state index in [0.717, 1.165) is 5.03 Å². The predicted octanol–water partition coefficient (Wildman–Crippen LogP) is 3.34. The normalized spacial score (nSPS) is 13.6. The molecule has 0 aromatic carbocycles. The number of hydrogen-bond donors (Lipinski definition) is 0. The summed E-state index contributed by atoms with van der Waals surface area (Å²) in [6.07, 6.45) is 3.62. The molecule has 0 aliphatic heterocycles. The standard InChI is InChI=1S/C8H13Cl/c1-5-7(9)6-8(2,3)4/h5-6H,1H2,2-4H3/b7-6-. The van der Waals surface area contributed by atoms with Crippen molar-refractivity contribution in [3.05, 3.63) is 23.8 Å². The van der Waals surface area contributed by atoms with E-state index in [1.165, 1.54) is 0 Å². The second-order valence-electron chi connectivity index (χ2n) is 3.10. The van der Waals surface area contributed by atoms with Gasteiger partial charge in [0.2, 0.25) is 0 Å². The first kappa shape index (κ1) is 8.77. The van der Waals surface area contributed by atoms with Crippen molar-refractivity contribution in [3.63, 3.8) is 0 Å². The molecule has 9 heavy (non-hydrogen) atoms. The van der Waals surface area contributed by atoms with Gasteiger partial charge in [-0.05, 0) is 5.41 Å². The highest BCUT2D eigenvalue weighted by atomic mass is 35.5. The molecule has 0 nitrogen and oxygen atoms in total. The third-order valence-corrected chi connectivity index (χ3v) is 1.03. The van der Waals surface area contributed by atoms with Crippen LogP contribution < -0.4 is 0 Å². The smallest absolute Gasteiger partial charge is 0.0365 e. The topological polar surface area (TPSA) is 0 Å². The lowest BCUT2D eigenvalue weighted by molar-refractivity contribution is 0.543. The monoisotopic (exact) mass is 144 g/mol. The predicted molar refractivity (Wildman–Crippen MR) is 43.6 cm³/mol. The number of hydrogen-bond acceptors (Lipinski definition) is 0. The lowest BCUT2D eigenvalue weighted by Gasteiger charge is -2.11. The molecule has 0 radical (unpaired) electrons. The van der Waals surface area contributed by atoms with Crippen molar-refractivity contribution in [2.75, 3.05) is 0 Å². The van der Waals surface area contributed by atoms with Crippen molar-refractivity contribution in [2.24, 2.45) is 5.41 Å². The third kappa shape index (κ3) is 5.64. The Morgan fingerprint density at radius 2 is 1.89 bits per heavy atom. The summed E-state index contributed by atoms with van der Waals surface area (Å²) < 4.78 is 0. The van der Waals surface area contributed by atoms with Gasteiger partial charge >= 0.3 is 0 Å². The van der Waals surface area contributed by atoms with Gasteiger partial charge in [0, 0.05) is 5.03 Å². The minimum Gasteiger partial charge on any atom is -0.0976 e. The van der Waals surface area contributed by atoms with E-state index in [2.05, 4.69) is 27.4 Å². The van der Waals surface area contributed by atoms with Crippen LogP contribution in [0, 0.1) is 5.41 Å². The summed E-state index contributed by atoms with van der Waals surface area (Å²) in [7, 11) is 0. The van der Waals surface area contributed by atoms with Gasteiger partial charge in [-0.3, -0.25) is 0 Å². The maximum Gasteiger partial charge on any atom is 0.0365 e. The molecular formula is C8H13Cl. The van der Waals surface area contributed by atoms with Crippen LogP contribution in [0.2, 0.25) is 0 Å². The molecule has 0 unspecified atom stereocenters. The Labute approximate surface area is 62.2 Å². The quantitative estimate of drug-likeness (QED) is 0.496. The molecule has 0 amide bonds. The first-order valence-electron chi connectivity index (χ1n) is 2.96. The minimum absolute atomic E-state index is 0.158. The van der Waals surface area contributed by atoms with Gasteiger partial charge in [0.1, 0.15) is 0 Å². The molecule has 0 atom stereocenters. The van der Waals surface area contributed by atoms with E-state index in [1.54, 1.807) is 6.08 Å². The highest BCUT2D eigenvalue weighted by Gasteiger charge is 2.04. The van der Waals surface area contributed by atoms with Crippen molar-refractivity contribution in [3.8, 4) is 0 Å². The third-order valence-electron chi connectivity index (χ3n) is 0.766. The number of allylic oxidation sites excluding steroid dienone is 3. The van der Waals surface area contributed by atoms with Crippen LogP contribution in [0.25, 0.3) is 0 Å². The van der Waals surface area contributed by atoms with Gasteiger partial charge in [-0.2, -0.15) is 0 Å². The molecule has 0 aromatic rings. The summed E-state index contributed by atoms with van der Waals surface area (Å²) in [5.41, 5.74) is 0.158. The first-order valence-corrected chi connectivity index (χ1v) is 3.34. The zero-order valence-electron chi connectivity index (χ0n) is 6.24. The van der Waals surface area contributed by atoms with Crippen LogP contribution in [0.15, 0.2) is 23.8 Å². The molecule has 0 saturated carbocycles. The van der Waals surface area contributed by atoms with Crippen molar-refractivity contribution in [2.45, 2.75) is 20.8 Å². The van der Waals surface area contributed by atoms with E-state index in [9.17, 15) is 0 Å². The van der Waals surface area contributed by atoms with Gasteiger partial charge in [-0.15, -0.1) is 0 Å². The van der Waals surface area contributed by atoms with E-state index < -0.39 is 0 Å². The van der Waals surface area contributed by atoms with Crippen molar-refractivity contribution in [1.82, 2.24) is 0 Å². The molecule has 0 fully saturated rings. The Morgan fingerprint density at radius 1 is 1.44 bits per heavy atom. The van der Waals surface area contributed by atoms with E-state index in [1.807, 2.05) is 6.08 Å². The van der Waals surface area contributed by atoms with E-state index >= 15 is 0 Å². The molecule has 0 saturated heterocycles. The Balaban J connectivity index is 4.11. The van der Waals surface area contributed by atoms with Gasteiger partial charge in [-0.25, -0.2) is 0 Å². The molecule has 0 aromatic heterocycles. The van der Waals surface area contributed by atoms with Crippen LogP contribution in [0.3, 0.4) is 0 Å². The molecule has 0 N–H and O–H groups in total. The fourth-order valence-electron chi connectivity index (χ4n) is 0.473. The zero-order valence-corrected chi connectivity index (χ0v) is 7.00. The highest BCUT2D eigenvalue weighted by Crippen LogP contribution is 2.19. The van der Waals surface area contributed by atoms with Gasteiger partial charge in [0.15, 0.2) is 0 Å². The highest BCUT2D eigenvalue weighted by molar-refractivity contribution is 6.31. The maximum absolute atomic E-state index is 5.69. The van der Waals surface area contributed by atoms with Crippen LogP contribution in [0.5, 0.6) is 0 Å². The van der Waals surface area contributed by atoms with E-state index in [4.69, 9.17) is 11.6 Å². The molecule has 52 valence electrons. The van der Waals surface area contributed by atoms with Crippen LogP contribution in [0.1, 0.15) is 20.8 Å². The Bertz CT molecular complexity index is 126. The summed E-state index contributed by atoms with van der Waals surface area (Å²) in [4.78, 5) is 0. The summed E-state index contributed by atoms with van der Waals surface area (Å²) in [6, 6.07) is 0. The average molecular weight is 145 g/mol. The number of halogens is 1. The SMILES string of the molecule is C=C/C(Cl)=C/C(C)(C)C. The lowest BCUT2D eigenvalue weighted by atomic mass is 9.96. The van der Waals surface area contributed by atoms with Crippen LogP contribution in [0.4, 0.5) is 0 Å². The maximum atomic E-state index is 5.69. The van der Waals surface area contributed by atoms with Gasteiger partial charge in [0.25, 0.3) is 0 Å². The first-order chi connectivity index (χ1) is 3.95. The molecule has 0 rings (SSSR count). The second-order valence-corrected chi connectivity index (χ2v) is 3.54. The average Bonchev–Trinajstić information content (AvgIpc) is 1.62. The van der Waals surface area contributed by atoms with Crippen LogP contribution >= 0.6 is 11.6 Å². The molecule has 0 heterocycles. The number of rotatable bonds is 1. The van der Waals surface area contributed by atoms with Gasteiger partial charge in [-0.1, -0.05) is 51.1 Å². The van der Waals surface area contributed by atoms with E-state index in [0.29, 0.717) is 0 Å². The van der Waals surface area contributed by atoms with Crippen molar-refractivity contribution < 1.29 is 0 Å². The summed E-state index contributed by atoms with van der Waals surface area (Å²) in [5.74, 6) is 0. The summed E-state index contributed by atoms with van der Waals surface area (Å²) in [6.45, 7) is 9.83. The second kappa shape index (κ2) is 3.07. The lowest BCUT2D eigenvalue weighted by Crippen LogP contribution is -1.98. The molecule has 0 spiro atoms. The molecular weight excluding hydrogens is 132 g/mol. The fraction of sp³-hybridized carbons (Fsp3) is 0.500. The summed E-state index contributed by atoms with van der Waals surface area (Å²) >= 11 is 5.69. The largest absolute Gasteiger partial charge is 0.0976 e. The Morgan fingerprint density at radius 3 is 2.00 bits per heavy atom. The van der Waals surface area contributed by atoms with Crippen molar-refractivity contribution >= 4 is 11.6 Å². The van der Waals surface area contributed by atoms with Crippen LogP contribution in [-0.2, 0) is 0 Å². The summed E-state index contributed by atoms with van der Waals surface area (Å²) in [5, 5.41) is 0.725. The molecule has 0 aliphatic rings. The molecule has 0 bridgehead atoms. The van der Waals surface area contributed by atoms with Crippen molar-refractivity contribution in [1.29, 1.82) is 0 Å². The molecule has 0 aliphatic carbocycles. The van der Waals surface area contributed by atoms with Gasteiger partial charge in [0.05, 0.1) is 0 Å². The van der Waals surface area contributed by atoms with E-state index in [-0.39, 0.29) is 5.41 Å². The molecule has 1 heteroatoms. The van der Waals surface area contributed by atoms with Gasteiger partial charge < -0.3 is 0 Å². The minimum atomic E-state index is 0.158.